The van der Waals surface area contributed by atoms with Gasteiger partial charge in [0.05, 0.1) is 4.92 Å². The highest BCUT2D eigenvalue weighted by atomic mass is 16.6. The molecule has 1 fully saturated rings. The zero-order valence-corrected chi connectivity index (χ0v) is 13.9. The van der Waals surface area contributed by atoms with Crippen molar-refractivity contribution in [3.63, 3.8) is 0 Å². The molecule has 1 aliphatic heterocycles. The van der Waals surface area contributed by atoms with Gasteiger partial charge in [0.25, 0.3) is 11.6 Å². The van der Waals surface area contributed by atoms with Crippen molar-refractivity contribution in [1.82, 2.24) is 4.90 Å². The summed E-state index contributed by atoms with van der Waals surface area (Å²) in [6.45, 7) is 0.416. The molecule has 7 nitrogen and oxygen atoms in total. The van der Waals surface area contributed by atoms with Gasteiger partial charge in [-0.2, -0.15) is 0 Å². The first-order valence-electron chi connectivity index (χ1n) is 8.17. The smallest absolute Gasteiger partial charge is 0.292 e. The second-order valence-electron chi connectivity index (χ2n) is 6.79. The van der Waals surface area contributed by atoms with Gasteiger partial charge < -0.3 is 14.6 Å². The number of carbonyl (C=O) groups excluding carboxylic acids is 2. The van der Waals surface area contributed by atoms with Crippen LogP contribution in [0.3, 0.4) is 0 Å². The van der Waals surface area contributed by atoms with E-state index in [9.17, 15) is 19.7 Å². The molecule has 0 spiro atoms. The van der Waals surface area contributed by atoms with Gasteiger partial charge in [-0.1, -0.05) is 0 Å². The lowest BCUT2D eigenvalue weighted by Crippen LogP contribution is -2.38. The second kappa shape index (κ2) is 6.22. The van der Waals surface area contributed by atoms with E-state index < -0.39 is 4.92 Å². The Kier molecular flexibility index (Phi) is 4.26. The Labute approximate surface area is 140 Å². The Balaban J connectivity index is 1.87. The maximum absolute atomic E-state index is 12.8. The molecule has 0 unspecified atom stereocenters. The fourth-order valence-corrected chi connectivity index (χ4v) is 3.71. The summed E-state index contributed by atoms with van der Waals surface area (Å²) in [4.78, 5) is 38.0. The summed E-state index contributed by atoms with van der Waals surface area (Å²) in [6, 6.07) is 3.27. The molecule has 1 heterocycles. The summed E-state index contributed by atoms with van der Waals surface area (Å²) in [6.07, 6.45) is 4.23. The van der Waals surface area contributed by atoms with E-state index in [2.05, 4.69) is 0 Å². The average molecular weight is 331 g/mol. The highest BCUT2D eigenvalue weighted by molar-refractivity contribution is 6.00. The van der Waals surface area contributed by atoms with Crippen molar-refractivity contribution >= 4 is 23.6 Å². The van der Waals surface area contributed by atoms with Gasteiger partial charge in [0.15, 0.2) is 0 Å². The summed E-state index contributed by atoms with van der Waals surface area (Å²) < 4.78 is 0. The van der Waals surface area contributed by atoms with Crippen molar-refractivity contribution in [2.45, 2.75) is 38.3 Å². The Morgan fingerprint density at radius 3 is 2.46 bits per heavy atom. The molecule has 1 amide bonds. The van der Waals surface area contributed by atoms with E-state index in [4.69, 9.17) is 0 Å². The second-order valence-corrected chi connectivity index (χ2v) is 6.79. The van der Waals surface area contributed by atoms with Crippen molar-refractivity contribution in [2.24, 2.45) is 5.92 Å². The average Bonchev–Trinajstić information content (AvgIpc) is 2.90. The molecular formula is C17H21N3O4. The van der Waals surface area contributed by atoms with Crippen molar-refractivity contribution in [2.75, 3.05) is 19.0 Å². The predicted octanol–water partition coefficient (Wildman–Crippen LogP) is 2.37. The van der Waals surface area contributed by atoms with Crippen LogP contribution in [-0.2, 0) is 11.3 Å². The Hall–Kier alpha value is -2.44. The third-order valence-corrected chi connectivity index (χ3v) is 5.09. The van der Waals surface area contributed by atoms with Gasteiger partial charge in [-0.3, -0.25) is 14.9 Å². The largest absolute Gasteiger partial charge is 0.372 e. The number of aldehydes is 1. The number of carbonyl (C=O) groups is 2. The van der Waals surface area contributed by atoms with Gasteiger partial charge in [-0.25, -0.2) is 0 Å². The molecule has 24 heavy (non-hydrogen) atoms. The third kappa shape index (κ3) is 2.74. The van der Waals surface area contributed by atoms with Crippen LogP contribution in [0.5, 0.6) is 0 Å². The SMILES string of the molecule is CN(C)c1cc2c(cc1[N+](=O)[O-])CN([C@H]1CC[C@H](C=O)CC1)C2=O. The van der Waals surface area contributed by atoms with Crippen molar-refractivity contribution in [3.05, 3.63) is 33.4 Å². The molecular weight excluding hydrogens is 310 g/mol. The number of nitro groups is 1. The van der Waals surface area contributed by atoms with Crippen molar-refractivity contribution in [3.8, 4) is 0 Å². The summed E-state index contributed by atoms with van der Waals surface area (Å²) >= 11 is 0. The van der Waals surface area contributed by atoms with E-state index in [0.717, 1.165) is 37.5 Å². The lowest BCUT2D eigenvalue weighted by Gasteiger charge is -2.32. The number of rotatable bonds is 4. The van der Waals surface area contributed by atoms with E-state index in [1.807, 2.05) is 4.90 Å². The van der Waals surface area contributed by atoms with Crippen LogP contribution in [0, 0.1) is 16.0 Å². The molecule has 7 heteroatoms. The molecule has 128 valence electrons. The minimum absolute atomic E-state index is 0.0260. The molecule has 2 aliphatic rings. The van der Waals surface area contributed by atoms with Gasteiger partial charge in [-0.05, 0) is 37.3 Å². The van der Waals surface area contributed by atoms with E-state index >= 15 is 0 Å². The van der Waals surface area contributed by atoms with Crippen LogP contribution in [-0.4, -0.2) is 42.2 Å². The van der Waals surface area contributed by atoms with Gasteiger partial charge >= 0.3 is 0 Å². The first kappa shape index (κ1) is 16.4. The molecule has 1 aliphatic carbocycles. The van der Waals surface area contributed by atoms with Gasteiger partial charge in [-0.15, -0.1) is 0 Å². The summed E-state index contributed by atoms with van der Waals surface area (Å²) in [7, 11) is 3.46. The first-order valence-corrected chi connectivity index (χ1v) is 8.17. The number of benzene rings is 1. The Morgan fingerprint density at radius 1 is 1.25 bits per heavy atom. The molecule has 0 N–H and O–H groups in total. The monoisotopic (exact) mass is 331 g/mol. The summed E-state index contributed by atoms with van der Waals surface area (Å²) in [5.41, 5.74) is 1.74. The van der Waals surface area contributed by atoms with Crippen LogP contribution in [0.4, 0.5) is 11.4 Å². The minimum atomic E-state index is -0.405. The predicted molar refractivity (Wildman–Crippen MR) is 89.1 cm³/mol. The molecule has 3 rings (SSSR count). The van der Waals surface area contributed by atoms with Crippen LogP contribution in [0.2, 0.25) is 0 Å². The molecule has 1 aromatic rings. The summed E-state index contributed by atoms with van der Waals surface area (Å²) in [5.74, 6) is 0.0420. The van der Waals surface area contributed by atoms with Gasteiger partial charge in [0.2, 0.25) is 0 Å². The Bertz CT molecular complexity index is 693. The maximum atomic E-state index is 12.8. The lowest BCUT2D eigenvalue weighted by atomic mass is 9.86. The fourth-order valence-electron chi connectivity index (χ4n) is 3.71. The zero-order chi connectivity index (χ0) is 17.4. The number of amides is 1. The van der Waals surface area contributed by atoms with Crippen LogP contribution in [0.25, 0.3) is 0 Å². The van der Waals surface area contributed by atoms with Crippen LogP contribution in [0.1, 0.15) is 41.6 Å². The number of nitrogens with zero attached hydrogens (tertiary/aromatic N) is 3. The number of hydrogen-bond donors (Lipinski definition) is 0. The van der Waals surface area contributed by atoms with Crippen molar-refractivity contribution < 1.29 is 14.5 Å². The Morgan fingerprint density at radius 2 is 1.92 bits per heavy atom. The van der Waals surface area contributed by atoms with E-state index in [-0.39, 0.29) is 23.6 Å². The maximum Gasteiger partial charge on any atom is 0.292 e. The number of fused-ring (bicyclic) bond motifs is 1. The highest BCUT2D eigenvalue weighted by Crippen LogP contribution is 2.37. The van der Waals surface area contributed by atoms with Crippen LogP contribution >= 0.6 is 0 Å². The fraction of sp³-hybridized carbons (Fsp3) is 0.529. The minimum Gasteiger partial charge on any atom is -0.372 e. The third-order valence-electron chi connectivity index (χ3n) is 5.09. The molecule has 1 saturated carbocycles. The molecule has 0 aromatic heterocycles. The first-order chi connectivity index (χ1) is 11.4. The van der Waals surface area contributed by atoms with E-state index in [0.29, 0.717) is 17.8 Å². The van der Waals surface area contributed by atoms with E-state index in [1.165, 1.54) is 6.07 Å². The van der Waals surface area contributed by atoms with Gasteiger partial charge in [0.1, 0.15) is 12.0 Å². The van der Waals surface area contributed by atoms with Gasteiger partial charge in [0, 0.05) is 44.2 Å². The summed E-state index contributed by atoms with van der Waals surface area (Å²) in [5, 5.41) is 11.3. The molecule has 0 atom stereocenters. The highest BCUT2D eigenvalue weighted by Gasteiger charge is 2.36. The molecule has 0 radical (unpaired) electrons. The molecule has 1 aromatic carbocycles. The normalized spacial score (nSPS) is 23.1. The molecule has 0 saturated heterocycles. The number of anilines is 1. The zero-order valence-electron chi connectivity index (χ0n) is 13.9. The number of hydrogen-bond acceptors (Lipinski definition) is 5. The van der Waals surface area contributed by atoms with E-state index in [1.54, 1.807) is 25.1 Å². The topological polar surface area (TPSA) is 83.8 Å². The quantitative estimate of drug-likeness (QED) is 0.480. The number of nitro benzene ring substituents is 1. The molecule has 0 bridgehead atoms. The lowest BCUT2D eigenvalue weighted by molar-refractivity contribution is -0.384. The van der Waals surface area contributed by atoms with Crippen molar-refractivity contribution in [1.29, 1.82) is 0 Å². The van der Waals surface area contributed by atoms with Crippen LogP contribution < -0.4 is 4.90 Å². The standard InChI is InChI=1S/C17H21N3O4/c1-18(2)15-8-14-12(7-16(15)20(23)24)9-19(17(14)22)13-5-3-11(10-21)4-6-13/h7-8,10-11,13H,3-6,9H2,1-2H3/t11-,13-. The van der Waals surface area contributed by atoms with Crippen LogP contribution in [0.15, 0.2) is 12.1 Å².